The minimum Gasteiger partial charge on any atom is -0.466 e. The Morgan fingerprint density at radius 3 is 1.39 bits per heavy atom. The highest BCUT2D eigenvalue weighted by Gasteiger charge is 2.24. The number of nitrogens with zero attached hydrogens (tertiary/aromatic N) is 2. The predicted octanol–water partition coefficient (Wildman–Crippen LogP) is 14.6. The largest absolute Gasteiger partial charge is 0.466 e. The number of hydrogen-bond acceptors (Lipinski definition) is 5. The summed E-state index contributed by atoms with van der Waals surface area (Å²) in [6, 6.07) is 0.146. The molecule has 0 aromatic heterocycles. The van der Waals surface area contributed by atoms with E-state index in [1.54, 1.807) is 0 Å². The van der Waals surface area contributed by atoms with Gasteiger partial charge in [-0.15, -0.1) is 0 Å². The number of ether oxygens (including phenoxy) is 1. The van der Waals surface area contributed by atoms with Gasteiger partial charge in [0.15, 0.2) is 0 Å². The van der Waals surface area contributed by atoms with Crippen molar-refractivity contribution in [2.75, 3.05) is 33.9 Å². The molecule has 1 amide bonds. The zero-order valence-corrected chi connectivity index (χ0v) is 37.6. The fraction of sp³-hybridized carbons (Fsp3) is 0.958. The van der Waals surface area contributed by atoms with E-state index >= 15 is 0 Å². The quantitative estimate of drug-likeness (QED) is 0.0351. The van der Waals surface area contributed by atoms with Crippen molar-refractivity contribution in [3.8, 4) is 0 Å². The molecule has 0 aromatic rings. The summed E-state index contributed by atoms with van der Waals surface area (Å²) in [5, 5.41) is 1.85. The number of unbranched alkanes of at least 4 members (excludes halogenated alkanes) is 22. The van der Waals surface area contributed by atoms with E-state index in [2.05, 4.69) is 46.7 Å². The summed E-state index contributed by atoms with van der Waals surface area (Å²) in [6.45, 7) is 11.3. The van der Waals surface area contributed by atoms with Crippen molar-refractivity contribution < 1.29 is 19.2 Å². The summed E-state index contributed by atoms with van der Waals surface area (Å²) >= 11 is 0. The van der Waals surface area contributed by atoms with Crippen molar-refractivity contribution in [1.82, 2.24) is 9.96 Å². The van der Waals surface area contributed by atoms with Crippen LogP contribution in [0.4, 0.5) is 0 Å². The molecule has 54 heavy (non-hydrogen) atoms. The SMILES string of the molecule is CCCCCCCCCCON(C(=O)CCCCN(C)C)C(CCCCCCCCCC)CCCCCCC(=O)OCCC(CCCCC)CCCCC. The predicted molar refractivity (Wildman–Crippen MR) is 234 cm³/mol. The van der Waals surface area contributed by atoms with Gasteiger partial charge in [0.05, 0.1) is 19.3 Å². The Hall–Kier alpha value is -1.14. The topological polar surface area (TPSA) is 59.1 Å². The van der Waals surface area contributed by atoms with Crippen LogP contribution < -0.4 is 0 Å². The summed E-state index contributed by atoms with van der Waals surface area (Å²) in [7, 11) is 4.20. The van der Waals surface area contributed by atoms with Gasteiger partial charge in [-0.2, -0.15) is 0 Å². The normalized spacial score (nSPS) is 12.2. The van der Waals surface area contributed by atoms with Crippen molar-refractivity contribution in [2.24, 2.45) is 5.92 Å². The number of hydrogen-bond donors (Lipinski definition) is 0. The highest BCUT2D eigenvalue weighted by Crippen LogP contribution is 2.23. The first kappa shape index (κ1) is 52.9. The van der Waals surface area contributed by atoms with Crippen LogP contribution in [0.2, 0.25) is 0 Å². The van der Waals surface area contributed by atoms with Crippen LogP contribution in [0.3, 0.4) is 0 Å². The summed E-state index contributed by atoms with van der Waals surface area (Å²) < 4.78 is 5.71. The van der Waals surface area contributed by atoms with Crippen LogP contribution in [-0.4, -0.2) is 61.7 Å². The molecule has 1 atom stereocenters. The second kappa shape index (κ2) is 41.5. The van der Waals surface area contributed by atoms with E-state index in [0.717, 1.165) is 77.2 Å². The van der Waals surface area contributed by atoms with Crippen molar-refractivity contribution in [2.45, 2.75) is 258 Å². The highest BCUT2D eigenvalue weighted by atomic mass is 16.7. The fourth-order valence-corrected chi connectivity index (χ4v) is 7.70. The van der Waals surface area contributed by atoms with Gasteiger partial charge in [0.25, 0.3) is 0 Å². The maximum Gasteiger partial charge on any atom is 0.305 e. The van der Waals surface area contributed by atoms with E-state index in [0.29, 0.717) is 32.0 Å². The van der Waals surface area contributed by atoms with Crippen LogP contribution in [-0.2, 0) is 19.2 Å². The maximum absolute atomic E-state index is 13.7. The second-order valence-corrected chi connectivity index (χ2v) is 17.0. The van der Waals surface area contributed by atoms with Crippen molar-refractivity contribution in [3.05, 3.63) is 0 Å². The van der Waals surface area contributed by atoms with Crippen molar-refractivity contribution in [1.29, 1.82) is 0 Å². The van der Waals surface area contributed by atoms with Gasteiger partial charge in [0, 0.05) is 12.8 Å². The molecular formula is C48H96N2O4. The highest BCUT2D eigenvalue weighted by molar-refractivity contribution is 5.75. The molecule has 1 unspecified atom stereocenters. The third-order valence-corrected chi connectivity index (χ3v) is 11.3. The van der Waals surface area contributed by atoms with Gasteiger partial charge in [-0.3, -0.25) is 14.4 Å². The Morgan fingerprint density at radius 1 is 0.444 bits per heavy atom. The first-order valence-electron chi connectivity index (χ1n) is 24.1. The lowest BCUT2D eigenvalue weighted by atomic mass is 9.92. The summed E-state index contributed by atoms with van der Waals surface area (Å²) in [4.78, 5) is 35.0. The average Bonchev–Trinajstić information content (AvgIpc) is 3.15. The van der Waals surface area contributed by atoms with Crippen LogP contribution in [0.25, 0.3) is 0 Å². The molecule has 6 heteroatoms. The molecule has 0 heterocycles. The molecule has 0 bridgehead atoms. The minimum atomic E-state index is -0.0242. The molecule has 0 aliphatic carbocycles. The molecule has 0 radical (unpaired) electrons. The number of amides is 1. The lowest BCUT2D eigenvalue weighted by Gasteiger charge is -2.31. The Morgan fingerprint density at radius 2 is 0.870 bits per heavy atom. The van der Waals surface area contributed by atoms with Crippen LogP contribution >= 0.6 is 0 Å². The van der Waals surface area contributed by atoms with Gasteiger partial charge in [-0.05, 0) is 71.5 Å². The standard InChI is InChI=1S/C48H96N2O4/c1-7-11-15-17-19-21-23-29-37-46(50(47(51)39-32-33-42-49(5)6)54-43-34-26-22-20-18-16-12-8-2)38-30-24-25-31-40-48(52)53-44-41-45(35-27-13-9-3)36-28-14-10-4/h45-46H,7-44H2,1-6H3. The first-order chi connectivity index (χ1) is 26.4. The van der Waals surface area contributed by atoms with Crippen molar-refractivity contribution >= 4 is 11.9 Å². The lowest BCUT2D eigenvalue weighted by molar-refractivity contribution is -0.203. The molecular weight excluding hydrogens is 669 g/mol. The van der Waals surface area contributed by atoms with Crippen molar-refractivity contribution in [3.63, 3.8) is 0 Å². The molecule has 6 nitrogen and oxygen atoms in total. The van der Waals surface area contributed by atoms with Gasteiger partial charge in [-0.25, -0.2) is 5.06 Å². The summed E-state index contributed by atoms with van der Waals surface area (Å²) in [5.41, 5.74) is 0. The van der Waals surface area contributed by atoms with E-state index in [9.17, 15) is 9.59 Å². The average molecular weight is 765 g/mol. The second-order valence-electron chi connectivity index (χ2n) is 17.0. The maximum atomic E-state index is 13.7. The fourth-order valence-electron chi connectivity index (χ4n) is 7.70. The molecule has 0 fully saturated rings. The molecule has 0 aliphatic heterocycles. The third-order valence-electron chi connectivity index (χ3n) is 11.3. The molecule has 0 saturated heterocycles. The summed E-state index contributed by atoms with van der Waals surface area (Å²) in [5.74, 6) is 0.853. The Labute approximate surface area is 338 Å². The zero-order chi connectivity index (χ0) is 39.7. The summed E-state index contributed by atoms with van der Waals surface area (Å²) in [6.07, 6.45) is 40.9. The van der Waals surface area contributed by atoms with E-state index in [4.69, 9.17) is 9.57 Å². The number of carbonyl (C=O) groups excluding carboxylic acids is 2. The minimum absolute atomic E-state index is 0.0242. The van der Waals surface area contributed by atoms with Gasteiger partial charge in [-0.1, -0.05) is 195 Å². The Bertz CT molecular complexity index is 781. The molecule has 322 valence electrons. The van der Waals surface area contributed by atoms with Crippen LogP contribution in [0.1, 0.15) is 252 Å². The molecule has 0 rings (SSSR count). The molecule has 0 spiro atoms. The molecule has 0 aliphatic rings. The van der Waals surface area contributed by atoms with Gasteiger partial charge >= 0.3 is 5.97 Å². The molecule has 0 aromatic carbocycles. The molecule has 0 saturated carbocycles. The first-order valence-corrected chi connectivity index (χ1v) is 24.1. The Kier molecular flexibility index (Phi) is 40.6. The number of hydroxylamine groups is 2. The van der Waals surface area contributed by atoms with E-state index in [1.165, 1.54) is 141 Å². The number of carbonyl (C=O) groups is 2. The third kappa shape index (κ3) is 35.3. The van der Waals surface area contributed by atoms with Crippen LogP contribution in [0.5, 0.6) is 0 Å². The number of rotatable bonds is 43. The number of esters is 1. The van der Waals surface area contributed by atoms with Gasteiger partial charge in [0.2, 0.25) is 5.91 Å². The smallest absolute Gasteiger partial charge is 0.305 e. The van der Waals surface area contributed by atoms with Gasteiger partial charge in [0.1, 0.15) is 0 Å². The Balaban J connectivity index is 5.01. The molecule has 0 N–H and O–H groups in total. The monoisotopic (exact) mass is 765 g/mol. The van der Waals surface area contributed by atoms with E-state index in [-0.39, 0.29) is 17.9 Å². The lowest BCUT2D eigenvalue weighted by Crippen LogP contribution is -2.40. The zero-order valence-electron chi connectivity index (χ0n) is 37.6. The van der Waals surface area contributed by atoms with Crippen LogP contribution in [0, 0.1) is 5.92 Å². The van der Waals surface area contributed by atoms with Gasteiger partial charge < -0.3 is 9.64 Å². The van der Waals surface area contributed by atoms with E-state index < -0.39 is 0 Å². The van der Waals surface area contributed by atoms with Crippen LogP contribution in [0.15, 0.2) is 0 Å². The van der Waals surface area contributed by atoms with E-state index in [1.807, 2.05) is 5.06 Å².